The molecule has 2 aromatic rings. The number of imidazole rings is 1. The van der Waals surface area contributed by atoms with Gasteiger partial charge in [-0.2, -0.15) is 0 Å². The second-order valence-electron chi connectivity index (χ2n) is 5.28. The van der Waals surface area contributed by atoms with E-state index < -0.39 is 0 Å². The third kappa shape index (κ3) is 2.74. The van der Waals surface area contributed by atoms with E-state index in [2.05, 4.69) is 15.0 Å². The summed E-state index contributed by atoms with van der Waals surface area (Å²) in [6, 6.07) is 3.97. The zero-order chi connectivity index (χ0) is 12.6. The van der Waals surface area contributed by atoms with Crippen molar-refractivity contribution in [3.05, 3.63) is 18.0 Å². The van der Waals surface area contributed by atoms with Crippen LogP contribution in [0.2, 0.25) is 0 Å². The van der Waals surface area contributed by atoms with Crippen LogP contribution in [-0.2, 0) is 6.42 Å². The maximum absolute atomic E-state index is 5.98. The Kier molecular flexibility index (Phi) is 2.79. The Morgan fingerprint density at radius 2 is 2.00 bits per heavy atom. The van der Waals surface area contributed by atoms with E-state index in [1.807, 2.05) is 45.0 Å². The van der Waals surface area contributed by atoms with Crippen molar-refractivity contribution in [2.45, 2.75) is 25.8 Å². The molecular weight excluding hydrogens is 214 g/mol. The number of hydrogen-bond donors (Lipinski definition) is 2. The van der Waals surface area contributed by atoms with Crippen molar-refractivity contribution in [3.8, 4) is 0 Å². The van der Waals surface area contributed by atoms with Crippen molar-refractivity contribution in [2.24, 2.45) is 5.73 Å². The quantitative estimate of drug-likeness (QED) is 0.838. The standard InChI is InChI=1S/C12H19N5/c1-12(2,13)7-9-14-8-5-6-10(17(3)4)16-11(8)15-9/h5-6H,7,13H2,1-4H3,(H,14,15,16). The normalized spacial score (nSPS) is 12.1. The van der Waals surface area contributed by atoms with Crippen LogP contribution in [0.4, 0.5) is 5.82 Å². The van der Waals surface area contributed by atoms with Gasteiger partial charge in [-0.15, -0.1) is 0 Å². The van der Waals surface area contributed by atoms with Crippen LogP contribution in [0.3, 0.4) is 0 Å². The molecule has 2 aromatic heterocycles. The molecule has 0 amide bonds. The summed E-state index contributed by atoms with van der Waals surface area (Å²) in [6.07, 6.45) is 0.709. The van der Waals surface area contributed by atoms with Crippen LogP contribution in [0.15, 0.2) is 12.1 Å². The zero-order valence-electron chi connectivity index (χ0n) is 10.8. The lowest BCUT2D eigenvalue weighted by atomic mass is 10.0. The molecule has 0 aromatic carbocycles. The van der Waals surface area contributed by atoms with Gasteiger partial charge in [0.2, 0.25) is 0 Å². The fourth-order valence-corrected chi connectivity index (χ4v) is 1.70. The lowest BCUT2D eigenvalue weighted by molar-refractivity contribution is 0.505. The van der Waals surface area contributed by atoms with E-state index in [-0.39, 0.29) is 5.54 Å². The first-order chi connectivity index (χ1) is 7.85. The van der Waals surface area contributed by atoms with E-state index in [9.17, 15) is 0 Å². The first kappa shape index (κ1) is 11.9. The molecule has 0 unspecified atom stereocenters. The molecule has 2 heterocycles. The van der Waals surface area contributed by atoms with Gasteiger partial charge in [0.15, 0.2) is 5.65 Å². The van der Waals surface area contributed by atoms with Gasteiger partial charge in [0.1, 0.15) is 11.6 Å². The number of aromatic amines is 1. The summed E-state index contributed by atoms with van der Waals surface area (Å²) >= 11 is 0. The number of aromatic nitrogens is 3. The first-order valence-electron chi connectivity index (χ1n) is 5.67. The first-order valence-corrected chi connectivity index (χ1v) is 5.67. The lowest BCUT2D eigenvalue weighted by Gasteiger charge is -2.15. The molecule has 5 heteroatoms. The minimum Gasteiger partial charge on any atom is -0.363 e. The number of hydrogen-bond acceptors (Lipinski definition) is 4. The summed E-state index contributed by atoms with van der Waals surface area (Å²) in [5, 5.41) is 0. The summed E-state index contributed by atoms with van der Waals surface area (Å²) < 4.78 is 0. The molecule has 0 aliphatic heterocycles. The smallest absolute Gasteiger partial charge is 0.179 e. The van der Waals surface area contributed by atoms with Crippen LogP contribution >= 0.6 is 0 Å². The van der Waals surface area contributed by atoms with Crippen LogP contribution in [0.25, 0.3) is 11.2 Å². The number of fused-ring (bicyclic) bond motifs is 1. The van der Waals surface area contributed by atoms with Crippen molar-refractivity contribution in [1.29, 1.82) is 0 Å². The topological polar surface area (TPSA) is 70.8 Å². The lowest BCUT2D eigenvalue weighted by Crippen LogP contribution is -2.34. The minimum atomic E-state index is -0.266. The monoisotopic (exact) mass is 233 g/mol. The van der Waals surface area contributed by atoms with E-state index in [1.165, 1.54) is 0 Å². The molecular formula is C12H19N5. The molecule has 0 atom stereocenters. The van der Waals surface area contributed by atoms with Gasteiger partial charge in [-0.3, -0.25) is 0 Å². The number of H-pyrrole nitrogens is 1. The van der Waals surface area contributed by atoms with E-state index in [4.69, 9.17) is 5.73 Å². The molecule has 17 heavy (non-hydrogen) atoms. The van der Waals surface area contributed by atoms with Gasteiger partial charge >= 0.3 is 0 Å². The summed E-state index contributed by atoms with van der Waals surface area (Å²) in [5.41, 5.74) is 7.41. The predicted octanol–water partition coefficient (Wildman–Crippen LogP) is 1.30. The Morgan fingerprint density at radius 3 is 2.59 bits per heavy atom. The van der Waals surface area contributed by atoms with Crippen LogP contribution in [-0.4, -0.2) is 34.6 Å². The van der Waals surface area contributed by atoms with Crippen molar-refractivity contribution in [2.75, 3.05) is 19.0 Å². The molecule has 0 saturated carbocycles. The van der Waals surface area contributed by atoms with E-state index in [0.717, 1.165) is 22.8 Å². The number of nitrogens with one attached hydrogen (secondary N) is 1. The minimum absolute atomic E-state index is 0.266. The molecule has 0 aliphatic rings. The third-order valence-electron chi connectivity index (χ3n) is 2.46. The summed E-state index contributed by atoms with van der Waals surface area (Å²) in [4.78, 5) is 14.1. The van der Waals surface area contributed by atoms with Gasteiger partial charge in [0, 0.05) is 26.1 Å². The van der Waals surface area contributed by atoms with Crippen LogP contribution < -0.4 is 10.6 Å². The second kappa shape index (κ2) is 4.00. The number of anilines is 1. The van der Waals surface area contributed by atoms with E-state index in [1.54, 1.807) is 0 Å². The van der Waals surface area contributed by atoms with Crippen LogP contribution in [0.5, 0.6) is 0 Å². The van der Waals surface area contributed by atoms with Gasteiger partial charge in [0.05, 0.1) is 5.52 Å². The molecule has 0 spiro atoms. The fourth-order valence-electron chi connectivity index (χ4n) is 1.70. The molecule has 3 N–H and O–H groups in total. The maximum Gasteiger partial charge on any atom is 0.179 e. The highest BCUT2D eigenvalue weighted by molar-refractivity contribution is 5.73. The van der Waals surface area contributed by atoms with Crippen molar-refractivity contribution < 1.29 is 0 Å². The average Bonchev–Trinajstić information content (AvgIpc) is 2.54. The number of nitrogens with zero attached hydrogens (tertiary/aromatic N) is 3. The van der Waals surface area contributed by atoms with Crippen molar-refractivity contribution in [1.82, 2.24) is 15.0 Å². The van der Waals surface area contributed by atoms with Gasteiger partial charge < -0.3 is 15.6 Å². The van der Waals surface area contributed by atoms with Crippen molar-refractivity contribution in [3.63, 3.8) is 0 Å². The van der Waals surface area contributed by atoms with Gasteiger partial charge in [-0.05, 0) is 26.0 Å². The maximum atomic E-state index is 5.98. The second-order valence-corrected chi connectivity index (χ2v) is 5.28. The largest absolute Gasteiger partial charge is 0.363 e. The molecule has 5 nitrogen and oxygen atoms in total. The molecule has 0 fully saturated rings. The highest BCUT2D eigenvalue weighted by Gasteiger charge is 2.15. The number of rotatable bonds is 3. The average molecular weight is 233 g/mol. The predicted molar refractivity (Wildman–Crippen MR) is 70.2 cm³/mol. The van der Waals surface area contributed by atoms with Crippen molar-refractivity contribution >= 4 is 17.0 Å². The van der Waals surface area contributed by atoms with Gasteiger partial charge in [0.25, 0.3) is 0 Å². The fraction of sp³-hybridized carbons (Fsp3) is 0.500. The highest BCUT2D eigenvalue weighted by Crippen LogP contribution is 2.16. The molecule has 0 bridgehead atoms. The Morgan fingerprint density at radius 1 is 1.29 bits per heavy atom. The van der Waals surface area contributed by atoms with Crippen LogP contribution in [0.1, 0.15) is 19.7 Å². The Bertz CT molecular complexity index is 521. The molecule has 2 rings (SSSR count). The van der Waals surface area contributed by atoms with E-state index >= 15 is 0 Å². The van der Waals surface area contributed by atoms with Gasteiger partial charge in [-0.1, -0.05) is 0 Å². The Labute approximate surface area is 101 Å². The molecule has 92 valence electrons. The SMILES string of the molecule is CN(C)c1ccc2[nH]c(CC(C)(C)N)nc2n1. The highest BCUT2D eigenvalue weighted by atomic mass is 15.1. The number of nitrogens with two attached hydrogens (primary N) is 1. The Hall–Kier alpha value is -1.62. The summed E-state index contributed by atoms with van der Waals surface area (Å²) in [7, 11) is 3.93. The third-order valence-corrected chi connectivity index (χ3v) is 2.46. The summed E-state index contributed by atoms with van der Waals surface area (Å²) in [5.74, 6) is 1.79. The molecule has 0 aliphatic carbocycles. The molecule has 0 saturated heterocycles. The number of pyridine rings is 1. The summed E-state index contributed by atoms with van der Waals surface area (Å²) in [6.45, 7) is 3.97. The Balaban J connectivity index is 2.37. The van der Waals surface area contributed by atoms with Gasteiger partial charge in [-0.25, -0.2) is 9.97 Å². The molecule has 0 radical (unpaired) electrons. The van der Waals surface area contributed by atoms with E-state index in [0.29, 0.717) is 6.42 Å². The zero-order valence-corrected chi connectivity index (χ0v) is 10.8. The van der Waals surface area contributed by atoms with Crippen LogP contribution in [0, 0.1) is 0 Å².